The Bertz CT molecular complexity index is 1230. The molecule has 0 radical (unpaired) electrons. The van der Waals surface area contributed by atoms with Gasteiger partial charge in [0.2, 0.25) is 0 Å². The molecule has 2 aliphatic rings. The Kier molecular flexibility index (Phi) is 6.86. The first kappa shape index (κ1) is 23.9. The summed E-state index contributed by atoms with van der Waals surface area (Å²) in [4.78, 5) is 1.98. The summed E-state index contributed by atoms with van der Waals surface area (Å²) in [5.41, 5.74) is 8.57. The fourth-order valence-corrected chi connectivity index (χ4v) is 5.07. The highest BCUT2D eigenvalue weighted by molar-refractivity contribution is 6.39. The van der Waals surface area contributed by atoms with Crippen LogP contribution in [-0.4, -0.2) is 35.4 Å². The molecule has 5 rings (SSSR count). The smallest absolute Gasteiger partial charge is 0.170 e. The second-order valence-electron chi connectivity index (χ2n) is 8.89. The van der Waals surface area contributed by atoms with Gasteiger partial charge < -0.3 is 25.1 Å². The van der Waals surface area contributed by atoms with Crippen LogP contribution in [0.4, 0.5) is 10.1 Å². The van der Waals surface area contributed by atoms with E-state index in [1.165, 1.54) is 6.07 Å². The number of halogens is 3. The van der Waals surface area contributed by atoms with E-state index in [1.807, 2.05) is 4.90 Å². The number of hydrogen-bond acceptors (Lipinski definition) is 6. The standard InChI is InChI=1S/C25H25Cl2FN4O3/c26-18-2-1-3-19(27)22(18)23-17(24(35-31-23)14-4-5-14)13-34-16-8-10-32(11-9-16)21-7-6-15(12-20(21)28)25(29)30-33/h1-3,6-7,12,14,16,33H,4-5,8-11,13H2,(H2,29,30). The number of hydrogen-bond donors (Lipinski definition) is 2. The summed E-state index contributed by atoms with van der Waals surface area (Å²) < 4.78 is 26.7. The molecule has 0 spiro atoms. The van der Waals surface area contributed by atoms with Crippen molar-refractivity contribution < 1.29 is 18.9 Å². The van der Waals surface area contributed by atoms with Crippen LogP contribution >= 0.6 is 23.2 Å². The molecule has 1 aromatic heterocycles. The average Bonchev–Trinajstić information content (AvgIpc) is 3.63. The molecule has 0 atom stereocenters. The zero-order chi connectivity index (χ0) is 24.5. The molecule has 1 saturated heterocycles. The maximum absolute atomic E-state index is 14.7. The van der Waals surface area contributed by atoms with Gasteiger partial charge in [0.25, 0.3) is 0 Å². The molecule has 184 valence electrons. The first-order chi connectivity index (χ1) is 17.0. The lowest BCUT2D eigenvalue weighted by Gasteiger charge is -2.33. The van der Waals surface area contributed by atoms with Crippen LogP contribution in [0.1, 0.15) is 48.5 Å². The van der Waals surface area contributed by atoms with E-state index >= 15 is 0 Å². The zero-order valence-electron chi connectivity index (χ0n) is 18.9. The molecule has 3 aromatic rings. The SMILES string of the molecule is NC(=NO)c1ccc(N2CCC(OCc3c(-c4c(Cl)cccc4Cl)noc3C3CC3)CC2)c(F)c1. The number of nitrogens with zero attached hydrogens (tertiary/aromatic N) is 3. The fourth-order valence-electron chi connectivity index (χ4n) is 4.49. The number of aromatic nitrogens is 1. The van der Waals surface area contributed by atoms with E-state index < -0.39 is 5.82 Å². The quantitative estimate of drug-likeness (QED) is 0.174. The van der Waals surface area contributed by atoms with Gasteiger partial charge in [0.1, 0.15) is 17.3 Å². The van der Waals surface area contributed by atoms with E-state index in [0.717, 1.165) is 37.0 Å². The van der Waals surface area contributed by atoms with Gasteiger partial charge in [-0.25, -0.2) is 4.39 Å². The van der Waals surface area contributed by atoms with Gasteiger partial charge in [0.15, 0.2) is 5.84 Å². The van der Waals surface area contributed by atoms with Crippen molar-refractivity contribution in [3.63, 3.8) is 0 Å². The Morgan fingerprint density at radius 1 is 1.17 bits per heavy atom. The van der Waals surface area contributed by atoms with E-state index in [4.69, 9.17) is 43.4 Å². The molecule has 35 heavy (non-hydrogen) atoms. The Balaban J connectivity index is 1.26. The maximum atomic E-state index is 14.7. The number of nitrogens with two attached hydrogens (primary N) is 1. The van der Waals surface area contributed by atoms with Crippen LogP contribution in [0.15, 0.2) is 46.1 Å². The first-order valence-corrected chi connectivity index (χ1v) is 12.3. The number of benzene rings is 2. The molecule has 1 saturated carbocycles. The van der Waals surface area contributed by atoms with Gasteiger partial charge in [-0.3, -0.25) is 0 Å². The molecule has 7 nitrogen and oxygen atoms in total. The highest BCUT2D eigenvalue weighted by Gasteiger charge is 2.34. The Morgan fingerprint density at radius 3 is 2.51 bits per heavy atom. The van der Waals surface area contributed by atoms with Crippen molar-refractivity contribution in [1.29, 1.82) is 0 Å². The summed E-state index contributed by atoms with van der Waals surface area (Å²) in [5.74, 6) is 0.669. The van der Waals surface area contributed by atoms with Gasteiger partial charge in [-0.15, -0.1) is 0 Å². The fraction of sp³-hybridized carbons (Fsp3) is 0.360. The van der Waals surface area contributed by atoms with E-state index in [2.05, 4.69) is 10.3 Å². The van der Waals surface area contributed by atoms with Crippen LogP contribution in [0.25, 0.3) is 11.3 Å². The molecule has 0 unspecified atom stereocenters. The second-order valence-corrected chi connectivity index (χ2v) is 9.71. The van der Waals surface area contributed by atoms with Crippen molar-refractivity contribution in [3.8, 4) is 11.3 Å². The van der Waals surface area contributed by atoms with E-state index in [9.17, 15) is 4.39 Å². The predicted octanol–water partition coefficient (Wildman–Crippen LogP) is 5.95. The lowest BCUT2D eigenvalue weighted by Crippen LogP contribution is -2.37. The molecule has 3 N–H and O–H groups in total. The summed E-state index contributed by atoms with van der Waals surface area (Å²) in [6, 6.07) is 9.94. The van der Waals surface area contributed by atoms with Gasteiger partial charge in [-0.1, -0.05) is 39.6 Å². The molecule has 2 heterocycles. The third-order valence-corrected chi connectivity index (χ3v) is 7.19. The minimum atomic E-state index is -0.409. The third kappa shape index (κ3) is 4.96. The normalized spacial score (nSPS) is 17.2. The van der Waals surface area contributed by atoms with E-state index in [1.54, 1.807) is 30.3 Å². The summed E-state index contributed by atoms with van der Waals surface area (Å²) in [6.07, 6.45) is 3.64. The van der Waals surface area contributed by atoms with E-state index in [-0.39, 0.29) is 11.9 Å². The van der Waals surface area contributed by atoms with Crippen LogP contribution in [0.3, 0.4) is 0 Å². The van der Waals surface area contributed by atoms with Crippen molar-refractivity contribution in [2.75, 3.05) is 18.0 Å². The Morgan fingerprint density at radius 2 is 1.89 bits per heavy atom. The molecule has 0 bridgehead atoms. The lowest BCUT2D eigenvalue weighted by atomic mass is 10.0. The number of piperidine rings is 1. The monoisotopic (exact) mass is 518 g/mol. The molecule has 1 aliphatic heterocycles. The molecule has 2 fully saturated rings. The largest absolute Gasteiger partial charge is 0.409 e. The third-order valence-electron chi connectivity index (χ3n) is 6.56. The first-order valence-electron chi connectivity index (χ1n) is 11.5. The van der Waals surface area contributed by atoms with Crippen LogP contribution in [0, 0.1) is 5.82 Å². The van der Waals surface area contributed by atoms with Crippen LogP contribution in [0.2, 0.25) is 10.0 Å². The zero-order valence-corrected chi connectivity index (χ0v) is 20.4. The minimum Gasteiger partial charge on any atom is -0.409 e. The molecular formula is C25H25Cl2FN4O3. The summed E-state index contributed by atoms with van der Waals surface area (Å²) in [5, 5.41) is 17.1. The summed E-state index contributed by atoms with van der Waals surface area (Å²) >= 11 is 12.9. The number of rotatable bonds is 7. The Hall–Kier alpha value is -2.81. The van der Waals surface area contributed by atoms with Crippen molar-refractivity contribution in [3.05, 3.63) is 69.1 Å². The topological polar surface area (TPSA) is 97.1 Å². The predicted molar refractivity (Wildman–Crippen MR) is 133 cm³/mol. The molecule has 10 heteroatoms. The minimum absolute atomic E-state index is 0.0160. The molecule has 1 aliphatic carbocycles. The van der Waals surface area contributed by atoms with E-state index in [0.29, 0.717) is 58.2 Å². The molecule has 0 amide bonds. The number of amidine groups is 1. The summed E-state index contributed by atoms with van der Waals surface area (Å²) in [6.45, 7) is 1.64. The van der Waals surface area contributed by atoms with Gasteiger partial charge in [0.05, 0.1) is 28.4 Å². The maximum Gasteiger partial charge on any atom is 0.170 e. The Labute approximate surface area is 212 Å². The second kappa shape index (κ2) is 10.0. The summed E-state index contributed by atoms with van der Waals surface area (Å²) in [7, 11) is 0. The lowest BCUT2D eigenvalue weighted by molar-refractivity contribution is 0.0246. The van der Waals surface area contributed by atoms with Gasteiger partial charge in [-0.2, -0.15) is 0 Å². The van der Waals surface area contributed by atoms with Crippen LogP contribution in [-0.2, 0) is 11.3 Å². The van der Waals surface area contributed by atoms with Crippen molar-refractivity contribution in [1.82, 2.24) is 5.16 Å². The highest BCUT2D eigenvalue weighted by Crippen LogP contribution is 2.46. The highest BCUT2D eigenvalue weighted by atomic mass is 35.5. The molecular weight excluding hydrogens is 494 g/mol. The number of oxime groups is 1. The van der Waals surface area contributed by atoms with Crippen LogP contribution < -0.4 is 10.6 Å². The van der Waals surface area contributed by atoms with Gasteiger partial charge in [-0.05, 0) is 56.0 Å². The van der Waals surface area contributed by atoms with Crippen molar-refractivity contribution >= 4 is 34.7 Å². The van der Waals surface area contributed by atoms with Gasteiger partial charge in [0, 0.05) is 35.7 Å². The number of anilines is 1. The van der Waals surface area contributed by atoms with Crippen molar-refractivity contribution in [2.45, 2.75) is 44.3 Å². The van der Waals surface area contributed by atoms with Gasteiger partial charge >= 0.3 is 0 Å². The molecule has 2 aromatic carbocycles. The van der Waals surface area contributed by atoms with Crippen LogP contribution in [0.5, 0.6) is 0 Å². The van der Waals surface area contributed by atoms with Crippen molar-refractivity contribution in [2.24, 2.45) is 10.9 Å². The average molecular weight is 519 g/mol. The number of ether oxygens (including phenoxy) is 1.